The van der Waals surface area contributed by atoms with Gasteiger partial charge in [-0.05, 0) is 74.7 Å². The van der Waals surface area contributed by atoms with Gasteiger partial charge in [-0.1, -0.05) is 24.3 Å². The lowest BCUT2D eigenvalue weighted by atomic mass is 10.1. The zero-order chi connectivity index (χ0) is 30.7. The van der Waals surface area contributed by atoms with E-state index in [1.54, 1.807) is 24.3 Å². The number of aryl methyl sites for hydroxylation is 1. The maximum Gasteiger partial charge on any atom is 0.254 e. The van der Waals surface area contributed by atoms with Crippen molar-refractivity contribution in [3.8, 4) is 11.4 Å². The Morgan fingerprint density at radius 2 is 1.81 bits per heavy atom. The summed E-state index contributed by atoms with van der Waals surface area (Å²) in [5.41, 5.74) is 28.5. The molecule has 4 aromatic rings. The molecule has 0 bridgehead atoms. The fourth-order valence-corrected chi connectivity index (χ4v) is 5.83. The van der Waals surface area contributed by atoms with Gasteiger partial charge in [-0.15, -0.1) is 0 Å². The summed E-state index contributed by atoms with van der Waals surface area (Å²) in [6.07, 6.45) is 0.932. The summed E-state index contributed by atoms with van der Waals surface area (Å²) in [6.45, 7) is 6.54. The first kappa shape index (κ1) is 29.4. The van der Waals surface area contributed by atoms with E-state index in [2.05, 4.69) is 48.0 Å². The number of nitrogens with two attached hydrogens (primary N) is 4. The van der Waals surface area contributed by atoms with Crippen molar-refractivity contribution in [2.45, 2.75) is 38.8 Å². The molecule has 2 unspecified atom stereocenters. The number of benzene rings is 3. The molecule has 1 aliphatic heterocycles. The molecule has 0 aliphatic carbocycles. The van der Waals surface area contributed by atoms with Crippen molar-refractivity contribution in [1.82, 2.24) is 14.5 Å². The number of piperazine rings is 1. The van der Waals surface area contributed by atoms with Crippen LogP contribution in [0.2, 0.25) is 0 Å². The van der Waals surface area contributed by atoms with E-state index >= 15 is 0 Å². The highest BCUT2D eigenvalue weighted by molar-refractivity contribution is 5.98. The number of guanidine groups is 1. The van der Waals surface area contributed by atoms with Gasteiger partial charge in [-0.25, -0.2) is 4.98 Å². The molecule has 8 N–H and O–H groups in total. The fraction of sp³-hybridized carbons (Fsp3) is 0.312. The fourth-order valence-electron chi connectivity index (χ4n) is 5.83. The summed E-state index contributed by atoms with van der Waals surface area (Å²) < 4.78 is 1.83. The number of fused-ring (bicyclic) bond motifs is 1. The van der Waals surface area contributed by atoms with Gasteiger partial charge in [0.05, 0.1) is 11.0 Å². The summed E-state index contributed by atoms with van der Waals surface area (Å²) in [4.78, 5) is 39.7. The van der Waals surface area contributed by atoms with Crippen LogP contribution in [0.1, 0.15) is 41.7 Å². The van der Waals surface area contributed by atoms with E-state index < -0.39 is 11.9 Å². The van der Waals surface area contributed by atoms with Crippen LogP contribution in [0.25, 0.3) is 22.4 Å². The van der Waals surface area contributed by atoms with Crippen LogP contribution in [0.5, 0.6) is 0 Å². The van der Waals surface area contributed by atoms with Crippen LogP contribution in [0, 0.1) is 6.92 Å². The molecule has 0 spiro atoms. The SMILES string of the molecule is Cc1cccc(N2CCN(C(=O)c3ccc4c(c3)nc(-c3cccc(N)c3)n4C(CCCN=C(N)N)C(N)=O)CC2C)c1. The molecule has 1 saturated heterocycles. The number of aliphatic imine (C=N–C) groups is 1. The number of hydrogen-bond acceptors (Lipinski definition) is 6. The van der Waals surface area contributed by atoms with Crippen LogP contribution < -0.4 is 27.8 Å². The largest absolute Gasteiger partial charge is 0.399 e. The van der Waals surface area contributed by atoms with Gasteiger partial charge in [0.25, 0.3) is 5.91 Å². The highest BCUT2D eigenvalue weighted by Crippen LogP contribution is 2.32. The monoisotopic (exact) mass is 581 g/mol. The summed E-state index contributed by atoms with van der Waals surface area (Å²) >= 11 is 0. The normalized spacial score (nSPS) is 15.8. The van der Waals surface area contributed by atoms with Crippen molar-refractivity contribution in [1.29, 1.82) is 0 Å². The Morgan fingerprint density at radius 3 is 2.51 bits per heavy atom. The Balaban J connectivity index is 1.46. The molecular weight excluding hydrogens is 542 g/mol. The Labute approximate surface area is 251 Å². The van der Waals surface area contributed by atoms with Crippen molar-refractivity contribution in [2.75, 3.05) is 36.8 Å². The lowest BCUT2D eigenvalue weighted by molar-refractivity contribution is -0.121. The van der Waals surface area contributed by atoms with Gasteiger partial charge in [-0.3, -0.25) is 14.6 Å². The number of nitrogen functional groups attached to an aromatic ring is 1. The maximum absolute atomic E-state index is 13.7. The maximum atomic E-state index is 13.7. The number of amides is 2. The third-order valence-corrected chi connectivity index (χ3v) is 7.90. The standard InChI is InChI=1S/C32H39N9O2/c1-20-6-3-9-25(16-20)40-15-14-39(19-21(40)2)31(43)23-11-12-27-26(18-23)38-30(22-7-4-8-24(33)17-22)41(27)28(29(34)42)10-5-13-37-32(35)36/h3-4,6-9,11-12,16-18,21,28H,5,10,13-15,19,33H2,1-2H3,(H2,34,42)(H4,35,36,37). The Morgan fingerprint density at radius 1 is 1.02 bits per heavy atom. The van der Waals surface area contributed by atoms with Gasteiger partial charge in [0.2, 0.25) is 5.91 Å². The number of nitrogens with zero attached hydrogens (tertiary/aromatic N) is 5. The van der Waals surface area contributed by atoms with E-state index in [0.29, 0.717) is 60.6 Å². The molecule has 1 fully saturated rings. The Hall–Kier alpha value is -5.06. The molecule has 1 aliphatic rings. The van der Waals surface area contributed by atoms with Crippen LogP contribution in [0.15, 0.2) is 71.7 Å². The summed E-state index contributed by atoms with van der Waals surface area (Å²) in [5, 5.41) is 0. The van der Waals surface area contributed by atoms with E-state index in [9.17, 15) is 9.59 Å². The second kappa shape index (κ2) is 12.4. The van der Waals surface area contributed by atoms with Gasteiger partial charge >= 0.3 is 0 Å². The minimum absolute atomic E-state index is 0.00711. The molecule has 11 nitrogen and oxygen atoms in total. The van der Waals surface area contributed by atoms with Gasteiger partial charge < -0.3 is 37.3 Å². The second-order valence-corrected chi connectivity index (χ2v) is 11.1. The van der Waals surface area contributed by atoms with Crippen LogP contribution in [-0.4, -0.2) is 64.4 Å². The summed E-state index contributed by atoms with van der Waals surface area (Å²) in [7, 11) is 0. The molecule has 2 amide bonds. The third-order valence-electron chi connectivity index (χ3n) is 7.90. The topological polar surface area (TPSA) is 175 Å². The van der Waals surface area contributed by atoms with Crippen molar-refractivity contribution < 1.29 is 9.59 Å². The first-order valence-electron chi connectivity index (χ1n) is 14.5. The zero-order valence-electron chi connectivity index (χ0n) is 24.6. The predicted molar refractivity (Wildman–Crippen MR) is 172 cm³/mol. The third kappa shape index (κ3) is 6.40. The average Bonchev–Trinajstić information content (AvgIpc) is 3.35. The molecule has 1 aromatic heterocycles. The lowest BCUT2D eigenvalue weighted by Gasteiger charge is -2.41. The number of anilines is 2. The molecule has 224 valence electrons. The smallest absolute Gasteiger partial charge is 0.254 e. The minimum atomic E-state index is -0.715. The molecule has 0 saturated carbocycles. The van der Waals surface area contributed by atoms with E-state index in [0.717, 1.165) is 12.1 Å². The van der Waals surface area contributed by atoms with Crippen LogP contribution in [0.4, 0.5) is 11.4 Å². The lowest BCUT2D eigenvalue weighted by Crippen LogP contribution is -2.53. The van der Waals surface area contributed by atoms with Gasteiger partial charge in [0, 0.05) is 54.7 Å². The highest BCUT2D eigenvalue weighted by Gasteiger charge is 2.29. The van der Waals surface area contributed by atoms with Crippen molar-refractivity contribution in [2.24, 2.45) is 22.2 Å². The Bertz CT molecular complexity index is 1670. The first-order valence-corrected chi connectivity index (χ1v) is 14.5. The van der Waals surface area contributed by atoms with E-state index in [1.807, 2.05) is 27.7 Å². The van der Waals surface area contributed by atoms with E-state index in [4.69, 9.17) is 27.9 Å². The van der Waals surface area contributed by atoms with Crippen molar-refractivity contribution >= 4 is 40.2 Å². The molecule has 2 atom stereocenters. The molecule has 43 heavy (non-hydrogen) atoms. The van der Waals surface area contributed by atoms with E-state index in [1.165, 1.54) is 11.3 Å². The molecule has 11 heteroatoms. The number of carbonyl (C=O) groups is 2. The second-order valence-electron chi connectivity index (χ2n) is 11.1. The molecular formula is C32H39N9O2. The van der Waals surface area contributed by atoms with Gasteiger partial charge in [0.1, 0.15) is 11.9 Å². The quantitative estimate of drug-likeness (QED) is 0.102. The number of primary amides is 1. The minimum Gasteiger partial charge on any atom is -0.399 e. The number of carbonyl (C=O) groups excluding carboxylic acids is 2. The molecule has 3 aromatic carbocycles. The van der Waals surface area contributed by atoms with Crippen LogP contribution in [0.3, 0.4) is 0 Å². The van der Waals surface area contributed by atoms with Crippen LogP contribution in [-0.2, 0) is 4.79 Å². The molecule has 0 radical (unpaired) electrons. The van der Waals surface area contributed by atoms with Gasteiger partial charge in [-0.2, -0.15) is 0 Å². The molecule has 5 rings (SSSR count). The van der Waals surface area contributed by atoms with Gasteiger partial charge in [0.15, 0.2) is 5.96 Å². The van der Waals surface area contributed by atoms with Crippen molar-refractivity contribution in [3.05, 3.63) is 77.9 Å². The van der Waals surface area contributed by atoms with E-state index in [-0.39, 0.29) is 17.9 Å². The number of hydrogen-bond donors (Lipinski definition) is 4. The summed E-state index contributed by atoms with van der Waals surface area (Å²) in [6, 6.07) is 20.6. The number of rotatable bonds is 9. The predicted octanol–water partition coefficient (Wildman–Crippen LogP) is 3.02. The average molecular weight is 582 g/mol. The van der Waals surface area contributed by atoms with Crippen molar-refractivity contribution in [3.63, 3.8) is 0 Å². The number of aromatic nitrogens is 2. The summed E-state index contributed by atoms with van der Waals surface area (Å²) in [5.74, 6) is -0.0265. The zero-order valence-corrected chi connectivity index (χ0v) is 24.6. The Kier molecular flexibility index (Phi) is 8.51. The first-order chi connectivity index (χ1) is 20.6. The number of imidazole rings is 1. The van der Waals surface area contributed by atoms with Crippen LogP contribution >= 0.6 is 0 Å². The highest BCUT2D eigenvalue weighted by atomic mass is 16.2. The molecule has 2 heterocycles.